The Hall–Kier alpha value is -1.79. The third-order valence-corrected chi connectivity index (χ3v) is 4.52. The molecule has 21 heavy (non-hydrogen) atoms. The smallest absolute Gasteiger partial charge is 0.252 e. The van der Waals surface area contributed by atoms with Crippen molar-refractivity contribution in [1.29, 1.82) is 0 Å². The van der Waals surface area contributed by atoms with E-state index >= 15 is 0 Å². The number of amides is 1. The van der Waals surface area contributed by atoms with Crippen molar-refractivity contribution in [1.82, 2.24) is 5.32 Å². The minimum absolute atomic E-state index is 0.0251. The highest BCUT2D eigenvalue weighted by atomic mass is 16.1. The minimum atomic E-state index is -0.0251. The zero-order valence-electron chi connectivity index (χ0n) is 12.9. The molecule has 3 unspecified atom stereocenters. The Kier molecular flexibility index (Phi) is 5.41. The molecular weight excluding hydrogens is 260 g/mol. The molecule has 0 saturated heterocycles. The molecule has 1 fully saturated rings. The monoisotopic (exact) mass is 284 g/mol. The van der Waals surface area contributed by atoms with E-state index < -0.39 is 0 Å². The maximum Gasteiger partial charge on any atom is 0.252 e. The molecule has 1 aromatic carbocycles. The van der Waals surface area contributed by atoms with Gasteiger partial charge >= 0.3 is 0 Å². The second-order valence-electron chi connectivity index (χ2n) is 5.90. The number of hydrogen-bond acceptors (Lipinski definition) is 2. The van der Waals surface area contributed by atoms with Crippen molar-refractivity contribution in [2.75, 3.05) is 6.54 Å². The molecule has 2 rings (SSSR count). The Balaban J connectivity index is 2.13. The normalized spacial score (nSPS) is 24.8. The number of benzene rings is 1. The van der Waals surface area contributed by atoms with E-state index in [2.05, 4.69) is 31.0 Å². The largest absolute Gasteiger partial charge is 0.349 e. The summed E-state index contributed by atoms with van der Waals surface area (Å²) >= 11 is 0. The third-order valence-electron chi connectivity index (χ3n) is 4.52. The first kappa shape index (κ1) is 15.6. The Morgan fingerprint density at radius 3 is 2.86 bits per heavy atom. The summed E-state index contributed by atoms with van der Waals surface area (Å²) in [7, 11) is 0. The molecule has 1 aliphatic carbocycles. The highest BCUT2D eigenvalue weighted by Gasteiger charge is 2.28. The van der Waals surface area contributed by atoms with E-state index in [0.29, 0.717) is 23.9 Å². The SMILES string of the molecule is CC1CCCC(NC(=O)c2ccccc2C#CCN)C1C. The first-order chi connectivity index (χ1) is 10.1. The average molecular weight is 284 g/mol. The summed E-state index contributed by atoms with van der Waals surface area (Å²) in [5.41, 5.74) is 6.80. The van der Waals surface area contributed by atoms with Crippen LogP contribution in [0.4, 0.5) is 0 Å². The molecule has 0 aromatic heterocycles. The lowest BCUT2D eigenvalue weighted by Gasteiger charge is -2.34. The first-order valence-corrected chi connectivity index (χ1v) is 7.72. The predicted octanol–water partition coefficient (Wildman–Crippen LogP) is 2.55. The maximum atomic E-state index is 12.5. The van der Waals surface area contributed by atoms with Crippen molar-refractivity contribution in [2.45, 2.75) is 39.2 Å². The lowest BCUT2D eigenvalue weighted by atomic mass is 9.78. The van der Waals surface area contributed by atoms with E-state index in [9.17, 15) is 4.79 Å². The van der Waals surface area contributed by atoms with Gasteiger partial charge in [-0.05, 0) is 30.4 Å². The molecule has 3 heteroatoms. The molecule has 0 aliphatic heterocycles. The van der Waals surface area contributed by atoms with Gasteiger partial charge in [0.05, 0.1) is 12.1 Å². The zero-order chi connectivity index (χ0) is 15.2. The summed E-state index contributed by atoms with van der Waals surface area (Å²) in [5, 5.41) is 3.19. The fraction of sp³-hybridized carbons (Fsp3) is 0.500. The molecule has 0 spiro atoms. The molecule has 1 amide bonds. The summed E-state index contributed by atoms with van der Waals surface area (Å²) in [6.07, 6.45) is 3.51. The van der Waals surface area contributed by atoms with Gasteiger partial charge in [-0.1, -0.05) is 50.7 Å². The minimum Gasteiger partial charge on any atom is -0.349 e. The lowest BCUT2D eigenvalue weighted by Crippen LogP contribution is -2.43. The molecule has 1 aliphatic rings. The Bertz CT molecular complexity index is 556. The fourth-order valence-electron chi connectivity index (χ4n) is 2.97. The maximum absolute atomic E-state index is 12.5. The van der Waals surface area contributed by atoms with Crippen molar-refractivity contribution in [3.63, 3.8) is 0 Å². The van der Waals surface area contributed by atoms with Gasteiger partial charge in [-0.3, -0.25) is 4.79 Å². The molecular formula is C18H24N2O. The highest BCUT2D eigenvalue weighted by Crippen LogP contribution is 2.29. The van der Waals surface area contributed by atoms with Crippen LogP contribution >= 0.6 is 0 Å². The fourth-order valence-corrected chi connectivity index (χ4v) is 2.97. The quantitative estimate of drug-likeness (QED) is 0.820. The van der Waals surface area contributed by atoms with Crippen molar-refractivity contribution >= 4 is 5.91 Å². The Morgan fingerprint density at radius 1 is 1.33 bits per heavy atom. The molecule has 3 nitrogen and oxygen atoms in total. The van der Waals surface area contributed by atoms with Crippen LogP contribution in [0.15, 0.2) is 24.3 Å². The van der Waals surface area contributed by atoms with Gasteiger partial charge in [0.25, 0.3) is 5.91 Å². The van der Waals surface area contributed by atoms with Crippen LogP contribution in [0.3, 0.4) is 0 Å². The van der Waals surface area contributed by atoms with Crippen LogP contribution < -0.4 is 11.1 Å². The van der Waals surface area contributed by atoms with Crippen LogP contribution in [0.1, 0.15) is 49.0 Å². The van der Waals surface area contributed by atoms with Gasteiger partial charge in [-0.15, -0.1) is 0 Å². The summed E-state index contributed by atoms with van der Waals surface area (Å²) < 4.78 is 0. The van der Waals surface area contributed by atoms with Crippen LogP contribution in [0.2, 0.25) is 0 Å². The summed E-state index contributed by atoms with van der Waals surface area (Å²) in [4.78, 5) is 12.5. The van der Waals surface area contributed by atoms with E-state index in [1.807, 2.05) is 24.3 Å². The topological polar surface area (TPSA) is 55.1 Å². The molecule has 0 heterocycles. The van der Waals surface area contributed by atoms with Crippen LogP contribution in [0.25, 0.3) is 0 Å². The second-order valence-corrected chi connectivity index (χ2v) is 5.90. The van der Waals surface area contributed by atoms with Gasteiger partial charge in [0.15, 0.2) is 0 Å². The Labute approximate surface area is 127 Å². The summed E-state index contributed by atoms with van der Waals surface area (Å²) in [6, 6.07) is 7.71. The van der Waals surface area contributed by atoms with Crippen LogP contribution in [0.5, 0.6) is 0 Å². The van der Waals surface area contributed by atoms with Gasteiger partial charge in [0.1, 0.15) is 0 Å². The van der Waals surface area contributed by atoms with Crippen molar-refractivity contribution in [3.8, 4) is 11.8 Å². The van der Waals surface area contributed by atoms with Gasteiger partial charge in [0.2, 0.25) is 0 Å². The van der Waals surface area contributed by atoms with E-state index in [0.717, 1.165) is 12.0 Å². The van der Waals surface area contributed by atoms with Gasteiger partial charge in [-0.2, -0.15) is 0 Å². The summed E-state index contributed by atoms with van der Waals surface area (Å²) in [6.45, 7) is 4.80. The van der Waals surface area contributed by atoms with E-state index in [1.165, 1.54) is 12.8 Å². The Morgan fingerprint density at radius 2 is 2.10 bits per heavy atom. The number of carbonyl (C=O) groups is 1. The number of nitrogens with one attached hydrogen (secondary N) is 1. The summed E-state index contributed by atoms with van der Waals surface area (Å²) in [5.74, 6) is 6.95. The molecule has 0 radical (unpaired) electrons. The van der Waals surface area contributed by atoms with Crippen LogP contribution in [-0.2, 0) is 0 Å². The first-order valence-electron chi connectivity index (χ1n) is 7.72. The lowest BCUT2D eigenvalue weighted by molar-refractivity contribution is 0.0891. The van der Waals surface area contributed by atoms with E-state index in [-0.39, 0.29) is 11.9 Å². The standard InChI is InChI=1S/C18H24N2O/c1-13-7-5-11-17(14(13)2)20-18(21)16-10-4-3-8-15(16)9-6-12-19/h3-4,8,10,13-14,17H,5,7,11-12,19H2,1-2H3,(H,20,21). The predicted molar refractivity (Wildman–Crippen MR) is 85.8 cm³/mol. The van der Waals surface area contributed by atoms with E-state index in [1.54, 1.807) is 0 Å². The molecule has 112 valence electrons. The average Bonchev–Trinajstić information content (AvgIpc) is 2.50. The van der Waals surface area contributed by atoms with Crippen molar-refractivity contribution in [3.05, 3.63) is 35.4 Å². The van der Waals surface area contributed by atoms with Crippen LogP contribution in [0, 0.1) is 23.7 Å². The third kappa shape index (κ3) is 3.86. The van der Waals surface area contributed by atoms with Crippen molar-refractivity contribution < 1.29 is 4.79 Å². The number of nitrogens with two attached hydrogens (primary N) is 1. The van der Waals surface area contributed by atoms with Crippen LogP contribution in [-0.4, -0.2) is 18.5 Å². The number of rotatable bonds is 2. The number of carbonyl (C=O) groups excluding carboxylic acids is 1. The van der Waals surface area contributed by atoms with E-state index in [4.69, 9.17) is 5.73 Å². The second kappa shape index (κ2) is 7.28. The molecule has 3 N–H and O–H groups in total. The van der Waals surface area contributed by atoms with Gasteiger partial charge in [0, 0.05) is 11.6 Å². The highest BCUT2D eigenvalue weighted by molar-refractivity contribution is 5.96. The zero-order valence-corrected chi connectivity index (χ0v) is 12.9. The molecule has 1 saturated carbocycles. The molecule has 3 atom stereocenters. The van der Waals surface area contributed by atoms with Gasteiger partial charge < -0.3 is 11.1 Å². The molecule has 1 aromatic rings. The molecule has 0 bridgehead atoms. The van der Waals surface area contributed by atoms with Gasteiger partial charge in [-0.25, -0.2) is 0 Å². The number of hydrogen-bond donors (Lipinski definition) is 2. The van der Waals surface area contributed by atoms with Crippen molar-refractivity contribution in [2.24, 2.45) is 17.6 Å².